The quantitative estimate of drug-likeness (QED) is 0.772. The first-order valence-electron chi connectivity index (χ1n) is 7.99. The monoisotopic (exact) mass is 279 g/mol. The zero-order valence-electron chi connectivity index (χ0n) is 12.0. The number of nitrogens with one attached hydrogen (secondary N) is 1. The lowest BCUT2D eigenvalue weighted by Crippen LogP contribution is -2.51. The number of nitrogens with zero attached hydrogens (tertiary/aromatic N) is 1. The predicted molar refractivity (Wildman–Crippen MR) is 75.7 cm³/mol. The number of rotatable bonds is 2. The van der Waals surface area contributed by atoms with Crippen LogP contribution in [0.25, 0.3) is 0 Å². The van der Waals surface area contributed by atoms with Crippen LogP contribution in [0.4, 0.5) is 0 Å². The largest absolute Gasteiger partial charge is 0.354 e. The fourth-order valence-electron chi connectivity index (χ4n) is 4.19. The van der Waals surface area contributed by atoms with Gasteiger partial charge in [0.25, 0.3) is 0 Å². The fourth-order valence-corrected chi connectivity index (χ4v) is 4.19. The van der Waals surface area contributed by atoms with Gasteiger partial charge in [-0.1, -0.05) is 6.42 Å². The van der Waals surface area contributed by atoms with Crippen molar-refractivity contribution in [3.8, 4) is 0 Å². The Morgan fingerprint density at radius 2 is 2.15 bits per heavy atom. The lowest BCUT2D eigenvalue weighted by Gasteiger charge is -2.39. The summed E-state index contributed by atoms with van der Waals surface area (Å²) in [6, 6.07) is 0.0991. The van der Waals surface area contributed by atoms with Crippen molar-refractivity contribution in [3.05, 3.63) is 0 Å². The molecular formula is C15H25N3O2. The maximum atomic E-state index is 12.8. The summed E-state index contributed by atoms with van der Waals surface area (Å²) in [5.74, 6) is 1.07. The molecule has 2 amide bonds. The Labute approximate surface area is 120 Å². The van der Waals surface area contributed by atoms with Gasteiger partial charge in [0.05, 0.1) is 12.0 Å². The lowest BCUT2D eigenvalue weighted by molar-refractivity contribution is -0.142. The molecule has 5 heteroatoms. The van der Waals surface area contributed by atoms with Crippen LogP contribution >= 0.6 is 0 Å². The van der Waals surface area contributed by atoms with Crippen molar-refractivity contribution >= 4 is 11.8 Å². The molecule has 2 aliphatic heterocycles. The summed E-state index contributed by atoms with van der Waals surface area (Å²) in [5, 5.41) is 2.92. The molecule has 0 aromatic rings. The van der Waals surface area contributed by atoms with E-state index in [0.29, 0.717) is 19.0 Å². The molecule has 2 heterocycles. The normalized spacial score (nSPS) is 37.5. The van der Waals surface area contributed by atoms with Crippen molar-refractivity contribution in [2.75, 3.05) is 19.6 Å². The Morgan fingerprint density at radius 1 is 1.30 bits per heavy atom. The van der Waals surface area contributed by atoms with Gasteiger partial charge in [0.15, 0.2) is 0 Å². The molecule has 1 saturated carbocycles. The van der Waals surface area contributed by atoms with E-state index in [1.807, 2.05) is 4.90 Å². The summed E-state index contributed by atoms with van der Waals surface area (Å²) >= 11 is 0. The minimum Gasteiger partial charge on any atom is -0.354 e. The van der Waals surface area contributed by atoms with E-state index in [4.69, 9.17) is 5.73 Å². The molecule has 0 aromatic heterocycles. The summed E-state index contributed by atoms with van der Waals surface area (Å²) in [7, 11) is 0. The average Bonchev–Trinajstić information content (AvgIpc) is 2.88. The van der Waals surface area contributed by atoms with Gasteiger partial charge in [-0.2, -0.15) is 0 Å². The zero-order chi connectivity index (χ0) is 14.1. The molecule has 4 atom stereocenters. The predicted octanol–water partition coefficient (Wildman–Crippen LogP) is 0.489. The third-order valence-electron chi connectivity index (χ3n) is 5.35. The topological polar surface area (TPSA) is 75.4 Å². The molecule has 0 radical (unpaired) electrons. The van der Waals surface area contributed by atoms with E-state index in [-0.39, 0.29) is 29.7 Å². The van der Waals surface area contributed by atoms with Crippen molar-refractivity contribution in [2.45, 2.75) is 44.6 Å². The molecule has 3 aliphatic rings. The van der Waals surface area contributed by atoms with Crippen molar-refractivity contribution < 1.29 is 9.59 Å². The van der Waals surface area contributed by atoms with Crippen LogP contribution in [0.2, 0.25) is 0 Å². The first kappa shape index (κ1) is 13.9. The van der Waals surface area contributed by atoms with Gasteiger partial charge in [0, 0.05) is 19.0 Å². The second-order valence-corrected chi connectivity index (χ2v) is 6.56. The molecule has 1 aliphatic carbocycles. The Balaban J connectivity index is 1.68. The standard InChI is InChI=1S/C15H25N3O2/c16-8-10-3-1-4-11(7-10)15(20)18-6-2-5-12-13(18)9-17-14(12)19/h10-13H,1-9,16H2,(H,17,19). The van der Waals surface area contributed by atoms with E-state index in [1.165, 1.54) is 0 Å². The van der Waals surface area contributed by atoms with E-state index < -0.39 is 0 Å². The summed E-state index contributed by atoms with van der Waals surface area (Å²) in [6.45, 7) is 2.15. The molecule has 5 nitrogen and oxygen atoms in total. The second kappa shape index (κ2) is 5.72. The Kier molecular flexibility index (Phi) is 3.96. The maximum absolute atomic E-state index is 12.8. The number of hydrogen-bond acceptors (Lipinski definition) is 3. The van der Waals surface area contributed by atoms with E-state index in [9.17, 15) is 9.59 Å². The number of piperidine rings is 1. The molecule has 2 saturated heterocycles. The highest BCUT2D eigenvalue weighted by Gasteiger charge is 2.44. The summed E-state index contributed by atoms with van der Waals surface area (Å²) in [4.78, 5) is 26.6. The molecule has 0 spiro atoms. The number of hydrogen-bond donors (Lipinski definition) is 2. The smallest absolute Gasteiger partial charge is 0.226 e. The molecule has 0 bridgehead atoms. The number of likely N-dealkylation sites (tertiary alicyclic amines) is 1. The van der Waals surface area contributed by atoms with Crippen LogP contribution in [0.3, 0.4) is 0 Å². The second-order valence-electron chi connectivity index (χ2n) is 6.56. The lowest BCUT2D eigenvalue weighted by atomic mass is 9.80. The van der Waals surface area contributed by atoms with Gasteiger partial charge in [-0.25, -0.2) is 0 Å². The fraction of sp³-hybridized carbons (Fsp3) is 0.867. The Morgan fingerprint density at radius 3 is 2.95 bits per heavy atom. The van der Waals surface area contributed by atoms with Crippen LogP contribution in [0.1, 0.15) is 38.5 Å². The van der Waals surface area contributed by atoms with Crippen LogP contribution in [-0.4, -0.2) is 42.4 Å². The highest BCUT2D eigenvalue weighted by atomic mass is 16.2. The molecule has 4 unspecified atom stereocenters. The van der Waals surface area contributed by atoms with Gasteiger partial charge >= 0.3 is 0 Å². The van der Waals surface area contributed by atoms with Crippen molar-refractivity contribution in [1.82, 2.24) is 10.2 Å². The van der Waals surface area contributed by atoms with Crippen LogP contribution in [0, 0.1) is 17.8 Å². The SMILES string of the molecule is NCC1CCCC(C(=O)N2CCCC3C(=O)NCC32)C1. The number of carbonyl (C=O) groups excluding carboxylic acids is 2. The number of nitrogens with two attached hydrogens (primary N) is 1. The van der Waals surface area contributed by atoms with Gasteiger partial charge in [-0.15, -0.1) is 0 Å². The van der Waals surface area contributed by atoms with Gasteiger partial charge in [-0.05, 0) is 44.6 Å². The Bertz CT molecular complexity index is 399. The van der Waals surface area contributed by atoms with Gasteiger partial charge in [0.1, 0.15) is 0 Å². The zero-order valence-corrected chi connectivity index (χ0v) is 12.0. The number of fused-ring (bicyclic) bond motifs is 1. The van der Waals surface area contributed by atoms with E-state index in [2.05, 4.69) is 5.32 Å². The van der Waals surface area contributed by atoms with E-state index in [0.717, 1.165) is 45.1 Å². The summed E-state index contributed by atoms with van der Waals surface area (Å²) < 4.78 is 0. The molecule has 3 rings (SSSR count). The molecule has 3 N–H and O–H groups in total. The van der Waals surface area contributed by atoms with Gasteiger partial charge < -0.3 is 16.0 Å². The van der Waals surface area contributed by atoms with Gasteiger partial charge in [0.2, 0.25) is 11.8 Å². The minimum absolute atomic E-state index is 0.0293. The first-order valence-corrected chi connectivity index (χ1v) is 7.99. The highest BCUT2D eigenvalue weighted by molar-refractivity contribution is 5.85. The number of amides is 2. The highest BCUT2D eigenvalue weighted by Crippen LogP contribution is 2.33. The van der Waals surface area contributed by atoms with E-state index >= 15 is 0 Å². The average molecular weight is 279 g/mol. The maximum Gasteiger partial charge on any atom is 0.226 e. The first-order chi connectivity index (χ1) is 9.70. The molecule has 112 valence electrons. The van der Waals surface area contributed by atoms with Crippen LogP contribution in [0.15, 0.2) is 0 Å². The summed E-state index contributed by atoms with van der Waals surface area (Å²) in [5.41, 5.74) is 5.77. The Hall–Kier alpha value is -1.10. The number of carbonyl (C=O) groups is 2. The molecule has 3 fully saturated rings. The molecule has 20 heavy (non-hydrogen) atoms. The van der Waals surface area contributed by atoms with Crippen LogP contribution in [-0.2, 0) is 9.59 Å². The third kappa shape index (κ3) is 2.43. The van der Waals surface area contributed by atoms with Crippen LogP contribution in [0.5, 0.6) is 0 Å². The summed E-state index contributed by atoms with van der Waals surface area (Å²) in [6.07, 6.45) is 6.07. The van der Waals surface area contributed by atoms with Gasteiger partial charge in [-0.3, -0.25) is 9.59 Å². The molecular weight excluding hydrogens is 254 g/mol. The van der Waals surface area contributed by atoms with E-state index in [1.54, 1.807) is 0 Å². The van der Waals surface area contributed by atoms with Crippen molar-refractivity contribution in [1.29, 1.82) is 0 Å². The van der Waals surface area contributed by atoms with Crippen molar-refractivity contribution in [2.24, 2.45) is 23.5 Å². The van der Waals surface area contributed by atoms with Crippen LogP contribution < -0.4 is 11.1 Å². The van der Waals surface area contributed by atoms with Crippen molar-refractivity contribution in [3.63, 3.8) is 0 Å². The third-order valence-corrected chi connectivity index (χ3v) is 5.35. The molecule has 0 aromatic carbocycles. The minimum atomic E-state index is 0.0293.